The Balaban J connectivity index is 1.64. The third-order valence-electron chi connectivity index (χ3n) is 3.88. The maximum absolute atomic E-state index is 12.1. The molecule has 0 aliphatic heterocycles. The molecule has 1 N–H and O–H groups in total. The van der Waals surface area contributed by atoms with Crippen molar-refractivity contribution in [3.8, 4) is 0 Å². The topological polar surface area (TPSA) is 64.0 Å². The average molecular weight is 291 g/mol. The number of hydrogen-bond acceptors (Lipinski definition) is 4. The normalized spacial score (nSPS) is 15.8. The number of thiophene rings is 1. The van der Waals surface area contributed by atoms with Crippen molar-refractivity contribution >= 4 is 27.5 Å². The zero-order valence-electron chi connectivity index (χ0n) is 11.2. The molecule has 2 aromatic heterocycles. The monoisotopic (exact) mass is 291 g/mol. The molecule has 0 aromatic carbocycles. The maximum Gasteiger partial charge on any atom is 0.280 e. The molecule has 0 saturated heterocycles. The highest BCUT2D eigenvalue weighted by atomic mass is 32.1. The van der Waals surface area contributed by atoms with Crippen LogP contribution in [-0.2, 0) is 4.79 Å². The minimum Gasteiger partial charge on any atom is -0.273 e. The number of carbonyl (C=O) groups is 1. The van der Waals surface area contributed by atoms with Gasteiger partial charge in [0.25, 0.3) is 5.56 Å². The van der Waals surface area contributed by atoms with Crippen molar-refractivity contribution in [2.45, 2.75) is 38.5 Å². The van der Waals surface area contributed by atoms with Crippen LogP contribution in [0.15, 0.2) is 22.6 Å². The molecule has 1 aliphatic rings. The molecule has 106 valence electrons. The third kappa shape index (κ3) is 2.75. The lowest BCUT2D eigenvalue weighted by atomic mass is 10.0. The second kappa shape index (κ2) is 5.75. The van der Waals surface area contributed by atoms with Crippen molar-refractivity contribution < 1.29 is 4.79 Å². The van der Waals surface area contributed by atoms with Gasteiger partial charge in [0.2, 0.25) is 5.91 Å². The molecule has 3 rings (SSSR count). The van der Waals surface area contributed by atoms with Gasteiger partial charge < -0.3 is 0 Å². The van der Waals surface area contributed by atoms with E-state index < -0.39 is 0 Å². The Morgan fingerprint density at radius 2 is 2.25 bits per heavy atom. The number of hydrogen-bond donors (Lipinski definition) is 1. The molecule has 1 saturated carbocycles. The van der Waals surface area contributed by atoms with E-state index in [0.717, 1.165) is 6.42 Å². The van der Waals surface area contributed by atoms with E-state index >= 15 is 0 Å². The molecule has 6 heteroatoms. The van der Waals surface area contributed by atoms with Gasteiger partial charge in [0.05, 0.1) is 5.39 Å². The first-order valence-electron chi connectivity index (χ1n) is 6.99. The highest BCUT2D eigenvalue weighted by Crippen LogP contribution is 2.28. The minimum atomic E-state index is -0.217. The van der Waals surface area contributed by atoms with Crippen molar-refractivity contribution in [2.24, 2.45) is 5.92 Å². The molecule has 0 spiro atoms. The van der Waals surface area contributed by atoms with E-state index in [4.69, 9.17) is 0 Å². The van der Waals surface area contributed by atoms with Gasteiger partial charge in [-0.25, -0.2) is 9.66 Å². The van der Waals surface area contributed by atoms with E-state index in [2.05, 4.69) is 10.4 Å². The number of nitrogens with one attached hydrogen (secondary N) is 1. The van der Waals surface area contributed by atoms with E-state index in [9.17, 15) is 9.59 Å². The van der Waals surface area contributed by atoms with Gasteiger partial charge in [-0.3, -0.25) is 15.0 Å². The number of amides is 1. The van der Waals surface area contributed by atoms with Gasteiger partial charge in [-0.15, -0.1) is 11.3 Å². The average Bonchev–Trinajstić information content (AvgIpc) is 3.10. The van der Waals surface area contributed by atoms with E-state index in [1.54, 1.807) is 6.07 Å². The Labute approximate surface area is 120 Å². The smallest absolute Gasteiger partial charge is 0.273 e. The molecule has 0 atom stereocenters. The summed E-state index contributed by atoms with van der Waals surface area (Å²) in [4.78, 5) is 28.9. The molecule has 0 unspecified atom stereocenters. The van der Waals surface area contributed by atoms with Crippen LogP contribution in [0, 0.1) is 5.92 Å². The predicted octanol–water partition coefficient (Wildman–Crippen LogP) is 2.50. The Kier molecular flexibility index (Phi) is 3.82. The Hall–Kier alpha value is -1.69. The van der Waals surface area contributed by atoms with Crippen LogP contribution in [0.25, 0.3) is 10.2 Å². The molecule has 2 heterocycles. The third-order valence-corrected chi connectivity index (χ3v) is 4.70. The molecule has 0 bridgehead atoms. The fourth-order valence-electron chi connectivity index (χ4n) is 2.76. The molecule has 2 aromatic rings. The summed E-state index contributed by atoms with van der Waals surface area (Å²) in [5, 5.41) is 2.37. The summed E-state index contributed by atoms with van der Waals surface area (Å²) in [6, 6.07) is 1.73. The number of aromatic nitrogens is 2. The first-order chi connectivity index (χ1) is 9.74. The Bertz CT molecular complexity index is 670. The largest absolute Gasteiger partial charge is 0.280 e. The van der Waals surface area contributed by atoms with Crippen LogP contribution < -0.4 is 11.0 Å². The molecule has 0 radical (unpaired) electrons. The molecule has 1 amide bonds. The van der Waals surface area contributed by atoms with Gasteiger partial charge in [-0.2, -0.15) is 0 Å². The zero-order valence-corrected chi connectivity index (χ0v) is 12.0. The quantitative estimate of drug-likeness (QED) is 0.941. The first kappa shape index (κ1) is 13.3. The summed E-state index contributed by atoms with van der Waals surface area (Å²) in [7, 11) is 0. The Morgan fingerprint density at radius 1 is 1.45 bits per heavy atom. The molecule has 1 fully saturated rings. The van der Waals surface area contributed by atoms with Crippen molar-refractivity contribution in [1.82, 2.24) is 9.66 Å². The fourth-order valence-corrected chi connectivity index (χ4v) is 3.48. The van der Waals surface area contributed by atoms with E-state index in [1.807, 2.05) is 5.38 Å². The number of rotatable bonds is 4. The van der Waals surface area contributed by atoms with Gasteiger partial charge in [-0.1, -0.05) is 25.7 Å². The van der Waals surface area contributed by atoms with Crippen LogP contribution in [0.3, 0.4) is 0 Å². The summed E-state index contributed by atoms with van der Waals surface area (Å²) in [5.74, 6) is 0.560. The second-order valence-corrected chi connectivity index (χ2v) is 6.18. The van der Waals surface area contributed by atoms with Crippen LogP contribution in [0.4, 0.5) is 0 Å². The van der Waals surface area contributed by atoms with Gasteiger partial charge in [0, 0.05) is 6.42 Å². The lowest BCUT2D eigenvalue weighted by molar-refractivity contribution is -0.117. The van der Waals surface area contributed by atoms with Crippen molar-refractivity contribution in [3.05, 3.63) is 28.1 Å². The van der Waals surface area contributed by atoms with Crippen LogP contribution >= 0.6 is 11.3 Å². The van der Waals surface area contributed by atoms with E-state index in [1.165, 1.54) is 48.0 Å². The summed E-state index contributed by atoms with van der Waals surface area (Å²) >= 11 is 1.42. The lowest BCUT2D eigenvalue weighted by Crippen LogP contribution is -2.33. The molecule has 5 nitrogen and oxygen atoms in total. The highest BCUT2D eigenvalue weighted by Gasteiger charge is 2.16. The zero-order chi connectivity index (χ0) is 13.9. The van der Waals surface area contributed by atoms with E-state index in [0.29, 0.717) is 22.6 Å². The second-order valence-electron chi connectivity index (χ2n) is 5.28. The van der Waals surface area contributed by atoms with Crippen LogP contribution in [0.2, 0.25) is 0 Å². The lowest BCUT2D eigenvalue weighted by Gasteiger charge is -2.10. The number of carbonyl (C=O) groups excluding carboxylic acids is 1. The summed E-state index contributed by atoms with van der Waals surface area (Å²) in [5.41, 5.74) is 2.41. The van der Waals surface area contributed by atoms with Crippen molar-refractivity contribution in [2.75, 3.05) is 5.43 Å². The number of nitrogens with zero attached hydrogens (tertiary/aromatic N) is 2. The summed E-state index contributed by atoms with van der Waals surface area (Å²) < 4.78 is 1.19. The predicted molar refractivity (Wildman–Crippen MR) is 79.4 cm³/mol. The maximum atomic E-state index is 12.1. The van der Waals surface area contributed by atoms with Gasteiger partial charge in [0.1, 0.15) is 11.2 Å². The van der Waals surface area contributed by atoms with Crippen LogP contribution in [0.1, 0.15) is 38.5 Å². The first-order valence-corrected chi connectivity index (χ1v) is 7.87. The summed E-state index contributed by atoms with van der Waals surface area (Å²) in [6.07, 6.45) is 7.79. The standard InChI is InChI=1S/C14H17N3O2S/c18-12(6-5-10-3-1-2-4-10)16-17-9-15-13-11(14(17)19)7-8-20-13/h7-10H,1-6H2,(H,16,18). The molecule has 1 aliphatic carbocycles. The van der Waals surface area contributed by atoms with Crippen molar-refractivity contribution in [1.29, 1.82) is 0 Å². The van der Waals surface area contributed by atoms with Gasteiger partial charge in [-0.05, 0) is 23.8 Å². The molecule has 20 heavy (non-hydrogen) atoms. The molecular formula is C14H17N3O2S. The van der Waals surface area contributed by atoms with Gasteiger partial charge in [0.15, 0.2) is 0 Å². The fraction of sp³-hybridized carbons (Fsp3) is 0.500. The minimum absolute atomic E-state index is 0.115. The highest BCUT2D eigenvalue weighted by molar-refractivity contribution is 7.16. The van der Waals surface area contributed by atoms with Gasteiger partial charge >= 0.3 is 0 Å². The molecular weight excluding hydrogens is 274 g/mol. The summed E-state index contributed by atoms with van der Waals surface area (Å²) in [6.45, 7) is 0. The van der Waals surface area contributed by atoms with E-state index in [-0.39, 0.29) is 11.5 Å². The SMILES string of the molecule is O=C(CCC1CCCC1)Nn1cnc2sccc2c1=O. The van der Waals surface area contributed by atoms with Crippen LogP contribution in [-0.4, -0.2) is 15.6 Å². The van der Waals surface area contributed by atoms with Crippen LogP contribution in [0.5, 0.6) is 0 Å². The number of fused-ring (bicyclic) bond motifs is 1. The Morgan fingerprint density at radius 3 is 3.05 bits per heavy atom. The van der Waals surface area contributed by atoms with Crippen molar-refractivity contribution in [3.63, 3.8) is 0 Å².